The maximum atomic E-state index is 8.99. The fourth-order valence-electron chi connectivity index (χ4n) is 2.06. The zero-order valence-electron chi connectivity index (χ0n) is 11.1. The highest BCUT2D eigenvalue weighted by Crippen LogP contribution is 2.44. The van der Waals surface area contributed by atoms with Crippen molar-refractivity contribution in [1.29, 1.82) is 5.26 Å². The van der Waals surface area contributed by atoms with Crippen LogP contribution in [0.4, 0.5) is 0 Å². The maximum Gasteiger partial charge on any atom is 0.122 e. The lowest BCUT2D eigenvalue weighted by Crippen LogP contribution is -2.22. The molecule has 3 heteroatoms. The van der Waals surface area contributed by atoms with Crippen LogP contribution in [0.15, 0.2) is 18.2 Å². The van der Waals surface area contributed by atoms with Crippen LogP contribution in [0.2, 0.25) is 0 Å². The molecule has 1 aliphatic carbocycles. The van der Waals surface area contributed by atoms with Crippen molar-refractivity contribution in [3.05, 3.63) is 29.3 Å². The van der Waals surface area contributed by atoms with Gasteiger partial charge >= 0.3 is 0 Å². The third-order valence-corrected chi connectivity index (χ3v) is 3.42. The second kappa shape index (κ2) is 5.41. The predicted octanol–water partition coefficient (Wildman–Crippen LogP) is 2.79. The van der Waals surface area contributed by atoms with E-state index in [1.54, 1.807) is 0 Å². The van der Waals surface area contributed by atoms with Gasteiger partial charge in [-0.3, -0.25) is 0 Å². The molecule has 2 rings (SSSR count). The zero-order chi connectivity index (χ0) is 13.0. The summed E-state index contributed by atoms with van der Waals surface area (Å²) in [7, 11) is 0. The molecular weight excluding hydrogens is 224 g/mol. The Bertz CT molecular complexity index is 458. The quantitative estimate of drug-likeness (QED) is 0.837. The van der Waals surface area contributed by atoms with Crippen LogP contribution in [0.1, 0.15) is 30.9 Å². The Morgan fingerprint density at radius 1 is 1.44 bits per heavy atom. The SMILES string of the molecule is CCOc1ccc(CNCC2(C#N)CC2)cc1C. The van der Waals surface area contributed by atoms with Gasteiger partial charge in [-0.2, -0.15) is 5.26 Å². The minimum atomic E-state index is -0.0691. The molecule has 1 fully saturated rings. The molecule has 0 heterocycles. The first-order chi connectivity index (χ1) is 8.69. The summed E-state index contributed by atoms with van der Waals surface area (Å²) in [5.41, 5.74) is 2.34. The number of nitriles is 1. The highest BCUT2D eigenvalue weighted by molar-refractivity contribution is 5.36. The van der Waals surface area contributed by atoms with Crippen LogP contribution < -0.4 is 10.1 Å². The molecular formula is C15H20N2O. The van der Waals surface area contributed by atoms with Gasteiger partial charge in [0.25, 0.3) is 0 Å². The van der Waals surface area contributed by atoms with Crippen molar-refractivity contribution >= 4 is 0 Å². The summed E-state index contributed by atoms with van der Waals surface area (Å²) >= 11 is 0. The van der Waals surface area contributed by atoms with E-state index in [0.717, 1.165) is 37.2 Å². The van der Waals surface area contributed by atoms with Gasteiger partial charge in [0, 0.05) is 13.1 Å². The summed E-state index contributed by atoms with van der Waals surface area (Å²) in [6.07, 6.45) is 2.08. The summed E-state index contributed by atoms with van der Waals surface area (Å²) < 4.78 is 5.51. The predicted molar refractivity (Wildman–Crippen MR) is 71.3 cm³/mol. The van der Waals surface area contributed by atoms with E-state index in [0.29, 0.717) is 6.61 Å². The third kappa shape index (κ3) is 3.02. The summed E-state index contributed by atoms with van der Waals surface area (Å²) in [5.74, 6) is 0.955. The molecule has 0 bridgehead atoms. The number of benzene rings is 1. The van der Waals surface area contributed by atoms with Crippen LogP contribution in [-0.2, 0) is 6.54 Å². The number of nitrogens with zero attached hydrogens (tertiary/aromatic N) is 1. The van der Waals surface area contributed by atoms with Crippen molar-refractivity contribution in [2.24, 2.45) is 5.41 Å². The molecule has 0 radical (unpaired) electrons. The Kier molecular flexibility index (Phi) is 3.88. The molecule has 1 aromatic rings. The van der Waals surface area contributed by atoms with Gasteiger partial charge in [0.15, 0.2) is 0 Å². The van der Waals surface area contributed by atoms with Crippen LogP contribution in [0.3, 0.4) is 0 Å². The summed E-state index contributed by atoms with van der Waals surface area (Å²) in [6, 6.07) is 8.64. The molecule has 96 valence electrons. The molecule has 1 aromatic carbocycles. The van der Waals surface area contributed by atoms with Crippen LogP contribution in [-0.4, -0.2) is 13.2 Å². The molecule has 0 spiro atoms. The Morgan fingerprint density at radius 2 is 2.22 bits per heavy atom. The summed E-state index contributed by atoms with van der Waals surface area (Å²) in [5, 5.41) is 12.4. The second-order valence-corrected chi connectivity index (χ2v) is 5.03. The second-order valence-electron chi connectivity index (χ2n) is 5.03. The number of nitrogens with one attached hydrogen (secondary N) is 1. The Hall–Kier alpha value is -1.53. The van der Waals surface area contributed by atoms with E-state index in [-0.39, 0.29) is 5.41 Å². The minimum absolute atomic E-state index is 0.0691. The average Bonchev–Trinajstić information content (AvgIpc) is 3.13. The fraction of sp³-hybridized carbons (Fsp3) is 0.533. The molecule has 0 atom stereocenters. The van der Waals surface area contributed by atoms with Gasteiger partial charge in [0.05, 0.1) is 18.1 Å². The van der Waals surface area contributed by atoms with E-state index in [9.17, 15) is 0 Å². The third-order valence-electron chi connectivity index (χ3n) is 3.42. The Morgan fingerprint density at radius 3 is 2.78 bits per heavy atom. The summed E-state index contributed by atoms with van der Waals surface area (Å²) in [4.78, 5) is 0. The molecule has 3 nitrogen and oxygen atoms in total. The normalized spacial score (nSPS) is 16.1. The summed E-state index contributed by atoms with van der Waals surface area (Å²) in [6.45, 7) is 6.37. The molecule has 1 N–H and O–H groups in total. The van der Waals surface area contributed by atoms with Gasteiger partial charge in [-0.1, -0.05) is 12.1 Å². The molecule has 0 unspecified atom stereocenters. The van der Waals surface area contributed by atoms with E-state index in [2.05, 4.69) is 30.4 Å². The van der Waals surface area contributed by atoms with Gasteiger partial charge in [-0.25, -0.2) is 0 Å². The first-order valence-corrected chi connectivity index (χ1v) is 6.53. The molecule has 18 heavy (non-hydrogen) atoms. The fourth-order valence-corrected chi connectivity index (χ4v) is 2.06. The Labute approximate surface area is 109 Å². The van der Waals surface area contributed by atoms with Gasteiger partial charge in [0.2, 0.25) is 0 Å². The molecule has 1 saturated carbocycles. The van der Waals surface area contributed by atoms with E-state index in [1.807, 2.05) is 13.0 Å². The number of rotatable bonds is 6. The van der Waals surface area contributed by atoms with Crippen molar-refractivity contribution in [2.45, 2.75) is 33.2 Å². The van der Waals surface area contributed by atoms with E-state index >= 15 is 0 Å². The topological polar surface area (TPSA) is 45.0 Å². The first-order valence-electron chi connectivity index (χ1n) is 6.53. The van der Waals surface area contributed by atoms with E-state index in [4.69, 9.17) is 10.00 Å². The molecule has 0 aliphatic heterocycles. The monoisotopic (exact) mass is 244 g/mol. The van der Waals surface area contributed by atoms with Gasteiger partial charge in [-0.15, -0.1) is 0 Å². The largest absolute Gasteiger partial charge is 0.494 e. The van der Waals surface area contributed by atoms with Crippen molar-refractivity contribution < 1.29 is 4.74 Å². The van der Waals surface area contributed by atoms with Crippen molar-refractivity contribution in [3.63, 3.8) is 0 Å². The lowest BCUT2D eigenvalue weighted by molar-refractivity contribution is 0.337. The molecule has 0 amide bonds. The van der Waals surface area contributed by atoms with Crippen LogP contribution in [0, 0.1) is 23.7 Å². The lowest BCUT2D eigenvalue weighted by atomic mass is 10.1. The van der Waals surface area contributed by atoms with Crippen molar-refractivity contribution in [2.75, 3.05) is 13.2 Å². The maximum absolute atomic E-state index is 8.99. The minimum Gasteiger partial charge on any atom is -0.494 e. The number of aryl methyl sites for hydroxylation is 1. The van der Waals surface area contributed by atoms with Crippen molar-refractivity contribution in [3.8, 4) is 11.8 Å². The highest BCUT2D eigenvalue weighted by atomic mass is 16.5. The van der Waals surface area contributed by atoms with Crippen LogP contribution in [0.25, 0.3) is 0 Å². The van der Waals surface area contributed by atoms with E-state index in [1.165, 1.54) is 5.56 Å². The first kappa shape index (κ1) is 12.9. The van der Waals surface area contributed by atoms with Crippen LogP contribution >= 0.6 is 0 Å². The average molecular weight is 244 g/mol. The number of ether oxygens (including phenoxy) is 1. The van der Waals surface area contributed by atoms with Gasteiger partial charge in [-0.05, 0) is 43.9 Å². The smallest absolute Gasteiger partial charge is 0.122 e. The highest BCUT2D eigenvalue weighted by Gasteiger charge is 2.42. The lowest BCUT2D eigenvalue weighted by Gasteiger charge is -2.11. The molecule has 0 saturated heterocycles. The Balaban J connectivity index is 1.86. The molecule has 0 aromatic heterocycles. The number of hydrogen-bond acceptors (Lipinski definition) is 3. The standard InChI is InChI=1S/C15H20N2O/c1-3-18-14-5-4-13(8-12(14)2)9-17-11-15(10-16)6-7-15/h4-5,8,17H,3,6-7,9,11H2,1-2H3. The van der Waals surface area contributed by atoms with Crippen molar-refractivity contribution in [1.82, 2.24) is 5.32 Å². The van der Waals surface area contributed by atoms with Gasteiger partial charge < -0.3 is 10.1 Å². The van der Waals surface area contributed by atoms with Gasteiger partial charge in [0.1, 0.15) is 5.75 Å². The number of hydrogen-bond donors (Lipinski definition) is 1. The zero-order valence-corrected chi connectivity index (χ0v) is 11.1. The molecule has 1 aliphatic rings. The van der Waals surface area contributed by atoms with Crippen LogP contribution in [0.5, 0.6) is 5.75 Å². The van der Waals surface area contributed by atoms with E-state index < -0.39 is 0 Å².